The molecule has 1 aromatic rings. The number of aromatic amines is 1. The Balaban J connectivity index is 2.00. The first kappa shape index (κ1) is 26.5. The summed E-state index contributed by atoms with van der Waals surface area (Å²) >= 11 is 0. The van der Waals surface area contributed by atoms with E-state index in [1.165, 1.54) is 13.1 Å². The average Bonchev–Trinajstić information content (AvgIpc) is 3.11. The number of phosphoric ester groups is 1. The van der Waals surface area contributed by atoms with E-state index in [4.69, 9.17) is 9.84 Å². The Morgan fingerprint density at radius 3 is 2.59 bits per heavy atom. The number of H-pyrrole nitrogens is 1. The van der Waals surface area contributed by atoms with Crippen molar-refractivity contribution in [3.63, 3.8) is 0 Å². The summed E-state index contributed by atoms with van der Waals surface area (Å²) in [6, 6.07) is 0. The number of hydrogen-bond acceptors (Lipinski definition) is 12. The molecule has 0 spiro atoms. The maximum atomic E-state index is 12.1. The molecule has 1 saturated heterocycles. The van der Waals surface area contributed by atoms with Crippen LogP contribution < -0.4 is 11.2 Å². The summed E-state index contributed by atoms with van der Waals surface area (Å²) in [7, 11) is -5.05. The second-order valence-electron chi connectivity index (χ2n) is 7.11. The molecule has 7 N–H and O–H groups in total. The van der Waals surface area contributed by atoms with Crippen LogP contribution in [0, 0.1) is 6.92 Å². The van der Waals surface area contributed by atoms with Crippen LogP contribution in [-0.4, -0.2) is 96.1 Å². The molecule has 0 aliphatic carbocycles. The molecule has 0 amide bonds. The van der Waals surface area contributed by atoms with E-state index in [9.17, 15) is 44.3 Å². The molecule has 1 fully saturated rings. The van der Waals surface area contributed by atoms with Crippen LogP contribution in [0.2, 0.25) is 0 Å². The van der Waals surface area contributed by atoms with Gasteiger partial charge in [-0.2, -0.15) is 0 Å². The van der Waals surface area contributed by atoms with Gasteiger partial charge in [0, 0.05) is 18.2 Å². The van der Waals surface area contributed by atoms with Crippen LogP contribution in [0.15, 0.2) is 15.8 Å². The summed E-state index contributed by atoms with van der Waals surface area (Å²) in [5.41, 5.74) is -1.17. The predicted octanol–water partition coefficient (Wildman–Crippen LogP) is -3.73. The molecule has 32 heavy (non-hydrogen) atoms. The van der Waals surface area contributed by atoms with E-state index in [1.807, 2.05) is 0 Å². The molecule has 2 heterocycles. The minimum atomic E-state index is -5.05. The van der Waals surface area contributed by atoms with Gasteiger partial charge in [-0.15, -0.1) is 0 Å². The number of aldehydes is 1. The van der Waals surface area contributed by atoms with Crippen molar-refractivity contribution < 1.29 is 53.6 Å². The third kappa shape index (κ3) is 6.39. The molecule has 1 aliphatic heterocycles. The van der Waals surface area contributed by atoms with Gasteiger partial charge in [0.25, 0.3) is 5.56 Å². The lowest BCUT2D eigenvalue weighted by Crippen LogP contribution is -2.47. The molecule has 182 valence electrons. The van der Waals surface area contributed by atoms with E-state index in [1.54, 1.807) is 0 Å². The molecule has 8 atom stereocenters. The lowest BCUT2D eigenvalue weighted by atomic mass is 10.0. The lowest BCUT2D eigenvalue weighted by Gasteiger charge is -2.27. The van der Waals surface area contributed by atoms with Crippen molar-refractivity contribution in [2.45, 2.75) is 56.2 Å². The topological polar surface area (TPSA) is 238 Å². The number of aliphatic hydroxyl groups is 5. The van der Waals surface area contributed by atoms with E-state index in [0.29, 0.717) is 0 Å². The van der Waals surface area contributed by atoms with E-state index < -0.39 is 75.1 Å². The zero-order valence-electron chi connectivity index (χ0n) is 16.8. The normalized spacial score (nSPS) is 26.8. The van der Waals surface area contributed by atoms with Gasteiger partial charge in [-0.3, -0.25) is 23.4 Å². The maximum Gasteiger partial charge on any atom is 0.473 e. The summed E-state index contributed by atoms with van der Waals surface area (Å²) in [6.07, 6.45) is -10.7. The van der Waals surface area contributed by atoms with Crippen molar-refractivity contribution in [3.8, 4) is 0 Å². The van der Waals surface area contributed by atoms with Crippen molar-refractivity contribution in [3.05, 3.63) is 32.6 Å². The smallest absolute Gasteiger partial charge is 0.394 e. The summed E-state index contributed by atoms with van der Waals surface area (Å²) in [6.45, 7) is -0.242. The lowest BCUT2D eigenvalue weighted by molar-refractivity contribution is -0.136. The van der Waals surface area contributed by atoms with E-state index in [-0.39, 0.29) is 18.3 Å². The zero-order valence-corrected chi connectivity index (χ0v) is 17.6. The van der Waals surface area contributed by atoms with Crippen LogP contribution in [0.4, 0.5) is 0 Å². The van der Waals surface area contributed by atoms with Crippen LogP contribution in [0.3, 0.4) is 0 Å². The highest BCUT2D eigenvalue weighted by molar-refractivity contribution is 7.47. The molecule has 0 bridgehead atoms. The Morgan fingerprint density at radius 1 is 1.34 bits per heavy atom. The predicted molar refractivity (Wildman–Crippen MR) is 102 cm³/mol. The summed E-state index contributed by atoms with van der Waals surface area (Å²) in [4.78, 5) is 46.4. The number of aliphatic hydroxyl groups excluding tert-OH is 5. The van der Waals surface area contributed by atoms with Gasteiger partial charge in [-0.1, -0.05) is 0 Å². The number of aromatic nitrogens is 2. The highest BCUT2D eigenvalue weighted by Crippen LogP contribution is 2.46. The standard InChI is InChI=1S/C16H25N2O13P/c1-7-3-18(16(26)17-15(7)25)12-2-8(21)11(30-12)6-29-32(27,28)31-10(5-20)14(24)13(23)9(22)4-19/h3,5,8-14,19,21-24H,2,4,6H2,1H3,(H,27,28)(H,17,25,26)/t8-,9+,10-,11+,12+,13+,14+/m0/s1. The Bertz CT molecular complexity index is 949. The molecule has 0 aromatic carbocycles. The van der Waals surface area contributed by atoms with Crippen LogP contribution in [-0.2, 0) is 23.1 Å². The molecular formula is C16H25N2O13P. The highest BCUT2D eigenvalue weighted by atomic mass is 31.2. The SMILES string of the molecule is Cc1cn([C@H]2C[C@H](O)[C@@H](COP(=O)(O)O[C@@H](C=O)[C@@H](O)[C@H](O)[C@H](O)CO)O2)c(=O)[nH]c1=O. The number of nitrogens with one attached hydrogen (secondary N) is 1. The Hall–Kier alpha value is -1.78. The minimum absolute atomic E-state index is 0.114. The van der Waals surface area contributed by atoms with Gasteiger partial charge in [0.2, 0.25) is 0 Å². The number of carbonyl (C=O) groups excluding carboxylic acids is 1. The van der Waals surface area contributed by atoms with Crippen molar-refractivity contribution in [2.24, 2.45) is 0 Å². The van der Waals surface area contributed by atoms with Gasteiger partial charge in [-0.25, -0.2) is 9.36 Å². The van der Waals surface area contributed by atoms with Gasteiger partial charge in [0.1, 0.15) is 30.6 Å². The van der Waals surface area contributed by atoms with Gasteiger partial charge in [0.05, 0.1) is 19.3 Å². The third-order valence-corrected chi connectivity index (χ3v) is 5.70. The second kappa shape index (κ2) is 10.9. The zero-order chi connectivity index (χ0) is 24.2. The van der Waals surface area contributed by atoms with Gasteiger partial charge < -0.3 is 40.0 Å². The Kier molecular flexibility index (Phi) is 9.01. The van der Waals surface area contributed by atoms with E-state index in [0.717, 1.165) is 4.57 Å². The van der Waals surface area contributed by atoms with Crippen LogP contribution in [0.25, 0.3) is 0 Å². The van der Waals surface area contributed by atoms with Crippen molar-refractivity contribution in [1.29, 1.82) is 0 Å². The third-order valence-electron chi connectivity index (χ3n) is 4.72. The molecule has 16 heteroatoms. The molecule has 0 radical (unpaired) electrons. The fourth-order valence-corrected chi connectivity index (χ4v) is 3.76. The van der Waals surface area contributed by atoms with E-state index in [2.05, 4.69) is 14.0 Å². The van der Waals surface area contributed by atoms with Crippen LogP contribution >= 0.6 is 7.82 Å². The molecule has 0 saturated carbocycles. The first-order chi connectivity index (χ1) is 14.9. The highest BCUT2D eigenvalue weighted by Gasteiger charge is 2.40. The van der Waals surface area contributed by atoms with Crippen LogP contribution in [0.5, 0.6) is 0 Å². The monoisotopic (exact) mass is 484 g/mol. The fraction of sp³-hybridized carbons (Fsp3) is 0.688. The summed E-state index contributed by atoms with van der Waals surface area (Å²) in [5.74, 6) is 0. The Morgan fingerprint density at radius 2 is 2.00 bits per heavy atom. The van der Waals surface area contributed by atoms with Gasteiger partial charge in [0.15, 0.2) is 12.4 Å². The average molecular weight is 484 g/mol. The summed E-state index contributed by atoms with van der Waals surface area (Å²) < 4.78 is 27.8. The summed E-state index contributed by atoms with van der Waals surface area (Å²) in [5, 5.41) is 47.6. The molecular weight excluding hydrogens is 459 g/mol. The van der Waals surface area contributed by atoms with Crippen molar-refractivity contribution in [1.82, 2.24) is 9.55 Å². The molecule has 1 aromatic heterocycles. The van der Waals surface area contributed by atoms with Gasteiger partial charge >= 0.3 is 13.5 Å². The van der Waals surface area contributed by atoms with Crippen molar-refractivity contribution in [2.75, 3.05) is 13.2 Å². The Labute approximate surface area is 180 Å². The number of rotatable bonds is 11. The molecule has 15 nitrogen and oxygen atoms in total. The number of carbonyl (C=O) groups is 1. The van der Waals surface area contributed by atoms with Gasteiger partial charge in [-0.05, 0) is 6.92 Å². The second-order valence-corrected chi connectivity index (χ2v) is 8.52. The fourth-order valence-electron chi connectivity index (χ4n) is 2.89. The number of ether oxygens (including phenoxy) is 1. The quantitative estimate of drug-likeness (QED) is 0.118. The number of phosphoric acid groups is 1. The van der Waals surface area contributed by atoms with E-state index >= 15 is 0 Å². The number of nitrogens with zero attached hydrogens (tertiary/aromatic N) is 1. The molecule has 1 aliphatic rings. The molecule has 2 rings (SSSR count). The maximum absolute atomic E-state index is 12.1. The first-order valence-electron chi connectivity index (χ1n) is 9.31. The first-order valence-corrected chi connectivity index (χ1v) is 10.8. The number of hydrogen-bond donors (Lipinski definition) is 7. The molecule has 1 unspecified atom stereocenters. The van der Waals surface area contributed by atoms with Crippen LogP contribution in [0.1, 0.15) is 18.2 Å². The largest absolute Gasteiger partial charge is 0.473 e. The minimum Gasteiger partial charge on any atom is -0.394 e. The van der Waals surface area contributed by atoms with Crippen molar-refractivity contribution >= 4 is 14.1 Å². The number of aryl methyl sites for hydroxylation is 1.